The number of nitrogens with two attached hydrogens (primary N) is 1. The number of anilines is 1. The summed E-state index contributed by atoms with van der Waals surface area (Å²) in [6.07, 6.45) is 12.3. The monoisotopic (exact) mass is 530 g/mol. The number of nitrogens with zero attached hydrogens (tertiary/aromatic N) is 7. The Morgan fingerprint density at radius 3 is 2.45 bits per heavy atom. The average molecular weight is 531 g/mol. The van der Waals surface area contributed by atoms with Crippen LogP contribution in [-0.4, -0.2) is 54.1 Å². The highest BCUT2D eigenvalue weighted by atomic mass is 32.2. The Morgan fingerprint density at radius 1 is 0.842 bits per heavy atom. The van der Waals surface area contributed by atoms with Crippen LogP contribution >= 0.6 is 0 Å². The molecule has 2 fully saturated rings. The minimum atomic E-state index is -2.95. The Morgan fingerprint density at radius 2 is 1.63 bits per heavy atom. The zero-order chi connectivity index (χ0) is 25.9. The number of rotatable bonds is 4. The Hall–Kier alpha value is -3.73. The summed E-state index contributed by atoms with van der Waals surface area (Å²) in [6, 6.07) is 10.9. The SMILES string of the molecule is Nc1ncnn2c(-c3ccc4cnn(C5CCS(=O)(=O)CC5)c4c3)cc(-c3ccnn3C3CCCCC3)c12. The topological polar surface area (TPSA) is 126 Å². The number of benzene rings is 1. The molecule has 1 aliphatic heterocycles. The van der Waals surface area contributed by atoms with Crippen LogP contribution in [0.1, 0.15) is 57.0 Å². The minimum Gasteiger partial charge on any atom is -0.382 e. The zero-order valence-electron chi connectivity index (χ0n) is 21.1. The normalized spacial score (nSPS) is 18.9. The van der Waals surface area contributed by atoms with E-state index in [0.29, 0.717) is 24.7 Å². The molecule has 0 radical (unpaired) electrons. The van der Waals surface area contributed by atoms with Gasteiger partial charge in [-0.3, -0.25) is 9.36 Å². The van der Waals surface area contributed by atoms with Gasteiger partial charge in [-0.05, 0) is 43.9 Å². The van der Waals surface area contributed by atoms with E-state index in [1.807, 2.05) is 21.6 Å². The van der Waals surface area contributed by atoms with Crippen molar-refractivity contribution in [3.05, 3.63) is 49.1 Å². The van der Waals surface area contributed by atoms with Crippen molar-refractivity contribution < 1.29 is 8.42 Å². The number of hydrogen-bond acceptors (Lipinski definition) is 7. The summed E-state index contributed by atoms with van der Waals surface area (Å²) >= 11 is 0. The third kappa shape index (κ3) is 3.87. The van der Waals surface area contributed by atoms with E-state index < -0.39 is 9.84 Å². The van der Waals surface area contributed by atoms with E-state index in [4.69, 9.17) is 10.8 Å². The fraction of sp³-hybridized carbons (Fsp3) is 0.407. The van der Waals surface area contributed by atoms with Crippen LogP contribution < -0.4 is 5.73 Å². The van der Waals surface area contributed by atoms with E-state index >= 15 is 0 Å². The molecule has 0 spiro atoms. The first-order valence-corrected chi connectivity index (χ1v) is 15.1. The maximum atomic E-state index is 12.0. The van der Waals surface area contributed by atoms with Gasteiger partial charge in [0.25, 0.3) is 0 Å². The number of hydrogen-bond donors (Lipinski definition) is 1. The van der Waals surface area contributed by atoms with Crippen molar-refractivity contribution in [1.29, 1.82) is 0 Å². The molecule has 0 amide bonds. The molecular formula is C27H30N8O2S. The van der Waals surface area contributed by atoms with Crippen LogP contribution in [0.2, 0.25) is 0 Å². The first-order chi connectivity index (χ1) is 18.5. The van der Waals surface area contributed by atoms with Crippen LogP contribution in [0.5, 0.6) is 0 Å². The summed E-state index contributed by atoms with van der Waals surface area (Å²) in [4.78, 5) is 4.31. The highest BCUT2D eigenvalue weighted by Crippen LogP contribution is 2.38. The summed E-state index contributed by atoms with van der Waals surface area (Å²) < 4.78 is 30.0. The van der Waals surface area contributed by atoms with E-state index in [9.17, 15) is 8.42 Å². The molecule has 196 valence electrons. The van der Waals surface area contributed by atoms with Gasteiger partial charge in [0.1, 0.15) is 21.7 Å². The zero-order valence-corrected chi connectivity index (χ0v) is 21.9. The lowest BCUT2D eigenvalue weighted by Gasteiger charge is -2.23. The molecular weight excluding hydrogens is 500 g/mol. The fourth-order valence-electron chi connectivity index (χ4n) is 6.22. The molecule has 0 atom stereocenters. The van der Waals surface area contributed by atoms with Gasteiger partial charge in [-0.15, -0.1) is 0 Å². The molecule has 0 unspecified atom stereocenters. The largest absolute Gasteiger partial charge is 0.382 e. The number of sulfone groups is 1. The number of fused-ring (bicyclic) bond motifs is 2. The molecule has 10 nitrogen and oxygen atoms in total. The summed E-state index contributed by atoms with van der Waals surface area (Å²) in [7, 11) is -2.95. The molecule has 11 heteroatoms. The molecule has 4 aromatic heterocycles. The predicted octanol–water partition coefficient (Wildman–Crippen LogP) is 4.45. The first kappa shape index (κ1) is 23.4. The van der Waals surface area contributed by atoms with Gasteiger partial charge in [0.2, 0.25) is 0 Å². The molecule has 1 saturated carbocycles. The molecule has 1 aromatic carbocycles. The van der Waals surface area contributed by atoms with Gasteiger partial charge in [0.15, 0.2) is 5.82 Å². The van der Waals surface area contributed by atoms with Crippen molar-refractivity contribution >= 4 is 32.1 Å². The van der Waals surface area contributed by atoms with Crippen LogP contribution in [-0.2, 0) is 9.84 Å². The van der Waals surface area contributed by atoms with Crippen LogP contribution in [0.15, 0.2) is 49.1 Å². The smallest absolute Gasteiger partial charge is 0.152 e. The van der Waals surface area contributed by atoms with Crippen LogP contribution in [0, 0.1) is 0 Å². The van der Waals surface area contributed by atoms with Gasteiger partial charge in [-0.25, -0.2) is 17.9 Å². The maximum Gasteiger partial charge on any atom is 0.152 e. The minimum absolute atomic E-state index is 0.0636. The Labute approximate surface area is 220 Å². The molecule has 5 heterocycles. The molecule has 5 aromatic rings. The van der Waals surface area contributed by atoms with Crippen LogP contribution in [0.3, 0.4) is 0 Å². The van der Waals surface area contributed by atoms with Gasteiger partial charge < -0.3 is 5.73 Å². The molecule has 2 aliphatic rings. The van der Waals surface area contributed by atoms with Crippen LogP contribution in [0.4, 0.5) is 5.82 Å². The molecule has 0 bridgehead atoms. The summed E-state index contributed by atoms with van der Waals surface area (Å²) in [5, 5.41) is 15.0. The van der Waals surface area contributed by atoms with E-state index in [-0.39, 0.29) is 17.5 Å². The van der Waals surface area contributed by atoms with Gasteiger partial charge >= 0.3 is 0 Å². The van der Waals surface area contributed by atoms with Crippen molar-refractivity contribution in [2.45, 2.75) is 57.0 Å². The lowest BCUT2D eigenvalue weighted by atomic mass is 9.95. The van der Waals surface area contributed by atoms with E-state index in [0.717, 1.165) is 51.8 Å². The number of aromatic nitrogens is 7. The quantitative estimate of drug-likeness (QED) is 0.364. The Kier molecular flexibility index (Phi) is 5.50. The lowest BCUT2D eigenvalue weighted by molar-refractivity contribution is 0.332. The summed E-state index contributed by atoms with van der Waals surface area (Å²) in [5.74, 6) is 0.833. The second-order valence-electron chi connectivity index (χ2n) is 10.5. The van der Waals surface area contributed by atoms with Crippen LogP contribution in [0.25, 0.3) is 38.9 Å². The first-order valence-electron chi connectivity index (χ1n) is 13.3. The average Bonchev–Trinajstić information content (AvgIpc) is 3.66. The molecule has 1 aliphatic carbocycles. The van der Waals surface area contributed by atoms with Gasteiger partial charge in [-0.1, -0.05) is 31.4 Å². The van der Waals surface area contributed by atoms with Gasteiger partial charge in [-0.2, -0.15) is 15.3 Å². The second-order valence-corrected chi connectivity index (χ2v) is 12.9. The lowest BCUT2D eigenvalue weighted by Crippen LogP contribution is -2.26. The predicted molar refractivity (Wildman–Crippen MR) is 146 cm³/mol. The standard InChI is InChI=1S/C27H30N8O2S/c28-27-26-22(23-8-11-30-33(23)20-4-2-1-3-5-20)15-25(35(26)32-17-29-27)18-6-7-19-16-31-34(24(19)14-18)21-9-12-38(36,37)13-10-21/h6-8,11,14-17,20-21H,1-5,9-10,12-13H2,(H2,28,29,32). The van der Waals surface area contributed by atoms with Crippen molar-refractivity contribution in [2.24, 2.45) is 0 Å². The van der Waals surface area contributed by atoms with E-state index in [1.165, 1.54) is 25.6 Å². The van der Waals surface area contributed by atoms with Gasteiger partial charge in [0.05, 0.1) is 46.7 Å². The second kappa shape index (κ2) is 8.93. The van der Waals surface area contributed by atoms with Gasteiger partial charge in [0, 0.05) is 22.7 Å². The van der Waals surface area contributed by atoms with Crippen molar-refractivity contribution in [1.82, 2.24) is 34.2 Å². The fourth-order valence-corrected chi connectivity index (χ4v) is 7.69. The molecule has 38 heavy (non-hydrogen) atoms. The maximum absolute atomic E-state index is 12.0. The Balaban J connectivity index is 1.35. The Bertz CT molecular complexity index is 1750. The molecule has 2 N–H and O–H groups in total. The third-order valence-electron chi connectivity index (χ3n) is 8.21. The highest BCUT2D eigenvalue weighted by molar-refractivity contribution is 7.91. The third-order valence-corrected chi connectivity index (χ3v) is 9.93. The number of nitrogen functional groups attached to an aromatic ring is 1. The van der Waals surface area contributed by atoms with Crippen molar-refractivity contribution in [2.75, 3.05) is 17.2 Å². The van der Waals surface area contributed by atoms with E-state index in [1.54, 1.807) is 0 Å². The summed E-state index contributed by atoms with van der Waals surface area (Å²) in [5.41, 5.74) is 12.1. The van der Waals surface area contributed by atoms with Crippen molar-refractivity contribution in [3.8, 4) is 22.5 Å². The molecule has 1 saturated heterocycles. The summed E-state index contributed by atoms with van der Waals surface area (Å²) in [6.45, 7) is 0. The highest BCUT2D eigenvalue weighted by Gasteiger charge is 2.27. The van der Waals surface area contributed by atoms with E-state index in [2.05, 4.69) is 50.2 Å². The van der Waals surface area contributed by atoms with Crippen molar-refractivity contribution in [3.63, 3.8) is 0 Å². The molecule has 7 rings (SSSR count).